The van der Waals surface area contributed by atoms with Gasteiger partial charge in [-0.3, -0.25) is 0 Å². The Kier molecular flexibility index (Phi) is 10.9. The second-order valence-corrected chi connectivity index (χ2v) is 10.7. The van der Waals surface area contributed by atoms with Crippen molar-refractivity contribution in [2.45, 2.75) is 88.3 Å². The van der Waals surface area contributed by atoms with Crippen LogP contribution in [0, 0.1) is 0 Å². The van der Waals surface area contributed by atoms with Crippen LogP contribution < -0.4 is 0 Å². The van der Waals surface area contributed by atoms with Crippen LogP contribution in [0.5, 0.6) is 5.75 Å². The molecule has 0 heterocycles. The number of aliphatic hydroxyl groups is 2. The van der Waals surface area contributed by atoms with E-state index >= 15 is 0 Å². The molecule has 252 valence electrons. The molecule has 15 heteroatoms. The first kappa shape index (κ1) is 38.0. The van der Waals surface area contributed by atoms with Crippen molar-refractivity contribution in [1.29, 1.82) is 0 Å². The molecule has 0 amide bonds. The van der Waals surface area contributed by atoms with E-state index < -0.39 is 64.6 Å². The molecule has 0 aromatic heterocycles. The number of alkyl halides is 12. The van der Waals surface area contributed by atoms with Gasteiger partial charge in [0.2, 0.25) is 0 Å². The summed E-state index contributed by atoms with van der Waals surface area (Å²) in [5.74, 6) is -0.192. The van der Waals surface area contributed by atoms with Gasteiger partial charge in [0.05, 0.1) is 0 Å². The Hall–Kier alpha value is -3.20. The zero-order chi connectivity index (χ0) is 35.0. The van der Waals surface area contributed by atoms with E-state index in [4.69, 9.17) is 0 Å². The van der Waals surface area contributed by atoms with Gasteiger partial charge in [0.1, 0.15) is 5.75 Å². The molecule has 0 fully saturated rings. The number of benzene rings is 3. The third-order valence-corrected chi connectivity index (χ3v) is 7.64. The Balaban J connectivity index is 0.000000388. The van der Waals surface area contributed by atoms with Crippen LogP contribution in [0.1, 0.15) is 74.6 Å². The molecular formula is C30H30F12O3. The zero-order valence-electron chi connectivity index (χ0n) is 24.1. The molecule has 3 aromatic carbocycles. The van der Waals surface area contributed by atoms with Crippen LogP contribution in [-0.4, -0.2) is 40.0 Å². The molecule has 3 aromatic rings. The number of halogens is 12. The van der Waals surface area contributed by atoms with Crippen molar-refractivity contribution in [3.8, 4) is 5.75 Å². The average molecular weight is 667 g/mol. The Bertz CT molecular complexity index is 1370. The molecule has 3 rings (SSSR count). The van der Waals surface area contributed by atoms with Gasteiger partial charge in [-0.05, 0) is 64.8 Å². The minimum absolute atomic E-state index is 0.00577. The Morgan fingerprint density at radius 2 is 0.867 bits per heavy atom. The highest BCUT2D eigenvalue weighted by atomic mass is 19.4. The van der Waals surface area contributed by atoms with Crippen molar-refractivity contribution in [3.63, 3.8) is 0 Å². The fraction of sp³-hybridized carbons (Fsp3) is 0.467. The minimum atomic E-state index is -6.56. The number of rotatable bonds is 6. The third-order valence-electron chi connectivity index (χ3n) is 7.64. The first-order valence-electron chi connectivity index (χ1n) is 13.4. The van der Waals surface area contributed by atoms with E-state index in [0.717, 1.165) is 18.7 Å². The summed E-state index contributed by atoms with van der Waals surface area (Å²) in [6.07, 6.45) is -25.2. The van der Waals surface area contributed by atoms with E-state index in [9.17, 15) is 68.0 Å². The molecule has 0 aliphatic carbocycles. The molecule has 2 atom stereocenters. The van der Waals surface area contributed by atoms with E-state index in [1.165, 1.54) is 17.9 Å². The van der Waals surface area contributed by atoms with E-state index in [1.807, 2.05) is 6.07 Å². The van der Waals surface area contributed by atoms with Crippen molar-refractivity contribution in [1.82, 2.24) is 0 Å². The SMILES string of the molecule is CCC(C)c1cc(C(O)(C(F)(F)F)C(F)(F)F)cc(C(O)(C(F)(F)F)C(F)(F)F)c1.CCC(C)c1ccc2cc(O)ccc2c1. The molecule has 45 heavy (non-hydrogen) atoms. The normalized spacial score (nSPS) is 15.0. The number of phenols is 1. The molecule has 3 N–H and O–H groups in total. The summed E-state index contributed by atoms with van der Waals surface area (Å²) in [7, 11) is 0. The molecule has 0 saturated heterocycles. The number of fused-ring (bicyclic) bond motifs is 1. The summed E-state index contributed by atoms with van der Waals surface area (Å²) < 4.78 is 157. The molecule has 0 bridgehead atoms. The number of phenolic OH excluding ortho intramolecular Hbond substituents is 1. The Labute approximate surface area is 250 Å². The van der Waals surface area contributed by atoms with Gasteiger partial charge in [0.15, 0.2) is 0 Å². The average Bonchev–Trinajstić information content (AvgIpc) is 2.92. The van der Waals surface area contributed by atoms with Crippen LogP contribution in [0.25, 0.3) is 10.8 Å². The molecular weight excluding hydrogens is 636 g/mol. The van der Waals surface area contributed by atoms with E-state index in [-0.39, 0.29) is 18.6 Å². The maximum absolute atomic E-state index is 13.1. The van der Waals surface area contributed by atoms with Crippen molar-refractivity contribution in [2.75, 3.05) is 0 Å². The highest BCUT2D eigenvalue weighted by Gasteiger charge is 2.74. The van der Waals surface area contributed by atoms with Crippen LogP contribution >= 0.6 is 0 Å². The molecule has 0 aliphatic heterocycles. The number of aromatic hydroxyl groups is 1. The molecule has 2 unspecified atom stereocenters. The summed E-state index contributed by atoms with van der Waals surface area (Å²) in [6.45, 7) is 6.84. The van der Waals surface area contributed by atoms with Crippen LogP contribution in [-0.2, 0) is 11.2 Å². The second kappa shape index (κ2) is 12.9. The summed E-state index contributed by atoms with van der Waals surface area (Å²) in [6, 6.07) is 11.2. The first-order chi connectivity index (χ1) is 20.3. The summed E-state index contributed by atoms with van der Waals surface area (Å²) in [4.78, 5) is 0. The number of hydrogen-bond donors (Lipinski definition) is 3. The largest absolute Gasteiger partial charge is 0.508 e. The van der Waals surface area contributed by atoms with Gasteiger partial charge in [0.25, 0.3) is 11.2 Å². The fourth-order valence-corrected chi connectivity index (χ4v) is 4.36. The van der Waals surface area contributed by atoms with Gasteiger partial charge in [-0.2, -0.15) is 52.7 Å². The van der Waals surface area contributed by atoms with E-state index in [2.05, 4.69) is 32.0 Å². The smallest absolute Gasteiger partial charge is 0.430 e. The van der Waals surface area contributed by atoms with Crippen molar-refractivity contribution < 1.29 is 68.0 Å². The predicted octanol–water partition coefficient (Wildman–Crippen LogP) is 9.88. The van der Waals surface area contributed by atoms with Gasteiger partial charge in [-0.15, -0.1) is 0 Å². The van der Waals surface area contributed by atoms with Gasteiger partial charge in [-0.25, -0.2) is 0 Å². The van der Waals surface area contributed by atoms with E-state index in [1.54, 1.807) is 12.1 Å². The standard InChI is InChI=1S/C16H14F12O2.C14H16O/c1-3-7(2)8-4-9(11(29,13(17,18)19)14(20,21)22)6-10(5-8)12(30,15(23,24)25)16(26,27)28;1-3-10(2)11-4-5-13-9-14(15)7-6-12(13)8-11/h4-7,29-30H,3H2,1-2H3;4-10,15H,3H2,1-2H3. The quantitative estimate of drug-likeness (QED) is 0.230. The van der Waals surface area contributed by atoms with Gasteiger partial charge < -0.3 is 15.3 Å². The lowest BCUT2D eigenvalue weighted by Crippen LogP contribution is -2.56. The van der Waals surface area contributed by atoms with Crippen molar-refractivity contribution in [2.24, 2.45) is 0 Å². The van der Waals surface area contributed by atoms with Gasteiger partial charge in [0, 0.05) is 11.1 Å². The third kappa shape index (κ3) is 7.45. The van der Waals surface area contributed by atoms with Crippen molar-refractivity contribution >= 4 is 10.8 Å². The van der Waals surface area contributed by atoms with Crippen LogP contribution in [0.15, 0.2) is 54.6 Å². The van der Waals surface area contributed by atoms with Gasteiger partial charge >= 0.3 is 24.7 Å². The topological polar surface area (TPSA) is 60.7 Å². The lowest BCUT2D eigenvalue weighted by Gasteiger charge is -2.36. The number of hydrogen-bond acceptors (Lipinski definition) is 3. The minimum Gasteiger partial charge on any atom is -0.508 e. The van der Waals surface area contributed by atoms with Crippen LogP contribution in [0.3, 0.4) is 0 Å². The summed E-state index contributed by atoms with van der Waals surface area (Å²) in [5.41, 5.74) is -15.7. The lowest BCUT2D eigenvalue weighted by atomic mass is 9.82. The lowest BCUT2D eigenvalue weighted by molar-refractivity contribution is -0.378. The first-order valence-corrected chi connectivity index (χ1v) is 13.4. The molecule has 0 saturated carbocycles. The van der Waals surface area contributed by atoms with Crippen molar-refractivity contribution in [3.05, 3.63) is 76.9 Å². The molecule has 0 radical (unpaired) electrons. The molecule has 0 aliphatic rings. The maximum Gasteiger partial charge on any atom is 0.430 e. The fourth-order valence-electron chi connectivity index (χ4n) is 4.36. The van der Waals surface area contributed by atoms with Crippen LogP contribution in [0.2, 0.25) is 0 Å². The van der Waals surface area contributed by atoms with Crippen LogP contribution in [0.4, 0.5) is 52.7 Å². The monoisotopic (exact) mass is 666 g/mol. The summed E-state index contributed by atoms with van der Waals surface area (Å²) >= 11 is 0. The summed E-state index contributed by atoms with van der Waals surface area (Å²) in [5, 5.41) is 30.5. The highest BCUT2D eigenvalue weighted by Crippen LogP contribution is 2.54. The zero-order valence-corrected chi connectivity index (χ0v) is 24.1. The maximum atomic E-state index is 13.1. The second-order valence-electron chi connectivity index (χ2n) is 10.7. The van der Waals surface area contributed by atoms with Gasteiger partial charge in [-0.1, -0.05) is 64.1 Å². The Morgan fingerprint density at radius 1 is 0.511 bits per heavy atom. The predicted molar refractivity (Wildman–Crippen MR) is 141 cm³/mol. The Morgan fingerprint density at radius 3 is 1.24 bits per heavy atom. The molecule has 0 spiro atoms. The molecule has 3 nitrogen and oxygen atoms in total. The van der Waals surface area contributed by atoms with E-state index in [0.29, 0.717) is 11.7 Å². The highest BCUT2D eigenvalue weighted by molar-refractivity contribution is 5.84.